The Bertz CT molecular complexity index is 200. The number of thioether (sulfide) groups is 1. The predicted molar refractivity (Wildman–Crippen MR) is 67.2 cm³/mol. The van der Waals surface area contributed by atoms with Crippen LogP contribution in [0.1, 0.15) is 52.9 Å². The highest BCUT2D eigenvalue weighted by molar-refractivity contribution is 8.01. The summed E-state index contributed by atoms with van der Waals surface area (Å²) in [5.41, 5.74) is 0. The standard InChI is InChI=1S/C12H23NOS/c1-9(2)13-12(14)10(3)15-11-7-5-4-6-8-11/h9-11H,4-8H2,1-3H3,(H,13,14). The van der Waals surface area contributed by atoms with Crippen molar-refractivity contribution in [2.24, 2.45) is 0 Å². The van der Waals surface area contributed by atoms with Crippen molar-refractivity contribution < 1.29 is 4.79 Å². The largest absolute Gasteiger partial charge is 0.353 e. The zero-order valence-electron chi connectivity index (χ0n) is 10.1. The van der Waals surface area contributed by atoms with Crippen LogP contribution in [0, 0.1) is 0 Å². The molecule has 1 rings (SSSR count). The topological polar surface area (TPSA) is 29.1 Å². The van der Waals surface area contributed by atoms with Crippen molar-refractivity contribution in [3.63, 3.8) is 0 Å². The molecule has 1 amide bonds. The molecule has 0 aromatic heterocycles. The Kier molecular flexibility index (Phi) is 5.51. The summed E-state index contributed by atoms with van der Waals surface area (Å²) in [4.78, 5) is 11.7. The van der Waals surface area contributed by atoms with Crippen LogP contribution < -0.4 is 5.32 Å². The number of amides is 1. The number of rotatable bonds is 4. The van der Waals surface area contributed by atoms with Crippen molar-refractivity contribution in [2.45, 2.75) is 69.4 Å². The van der Waals surface area contributed by atoms with Crippen LogP contribution in [0.3, 0.4) is 0 Å². The number of nitrogens with one attached hydrogen (secondary N) is 1. The third-order valence-corrected chi connectivity index (χ3v) is 4.23. The zero-order valence-corrected chi connectivity index (χ0v) is 10.9. The zero-order chi connectivity index (χ0) is 11.3. The van der Waals surface area contributed by atoms with E-state index in [1.807, 2.05) is 32.5 Å². The van der Waals surface area contributed by atoms with Crippen molar-refractivity contribution in [1.29, 1.82) is 0 Å². The Morgan fingerprint density at radius 3 is 2.33 bits per heavy atom. The average Bonchev–Trinajstić information content (AvgIpc) is 2.18. The molecule has 0 bridgehead atoms. The fourth-order valence-electron chi connectivity index (χ4n) is 1.95. The van der Waals surface area contributed by atoms with Gasteiger partial charge in [-0.15, -0.1) is 11.8 Å². The molecule has 1 N–H and O–H groups in total. The second-order valence-electron chi connectivity index (χ2n) is 4.70. The predicted octanol–water partition coefficient (Wildman–Crippen LogP) is 2.97. The molecular formula is C12H23NOS. The van der Waals surface area contributed by atoms with Gasteiger partial charge in [0.1, 0.15) is 0 Å². The van der Waals surface area contributed by atoms with Crippen LogP contribution >= 0.6 is 11.8 Å². The van der Waals surface area contributed by atoms with Crippen LogP contribution in [0.4, 0.5) is 0 Å². The summed E-state index contributed by atoms with van der Waals surface area (Å²) in [5.74, 6) is 0.195. The first-order valence-corrected chi connectivity index (χ1v) is 6.99. The molecule has 0 aliphatic heterocycles. The Hall–Kier alpha value is -0.180. The van der Waals surface area contributed by atoms with Gasteiger partial charge < -0.3 is 5.32 Å². The Balaban J connectivity index is 2.26. The minimum Gasteiger partial charge on any atom is -0.353 e. The summed E-state index contributed by atoms with van der Waals surface area (Å²) >= 11 is 1.86. The van der Waals surface area contributed by atoms with Crippen LogP contribution in [0.5, 0.6) is 0 Å². The Labute approximate surface area is 97.6 Å². The van der Waals surface area contributed by atoms with Gasteiger partial charge in [-0.1, -0.05) is 19.3 Å². The third-order valence-electron chi connectivity index (χ3n) is 2.75. The first-order chi connectivity index (χ1) is 7.09. The van der Waals surface area contributed by atoms with E-state index in [4.69, 9.17) is 0 Å². The van der Waals surface area contributed by atoms with Gasteiger partial charge in [0, 0.05) is 11.3 Å². The molecule has 0 spiro atoms. The van der Waals surface area contributed by atoms with Gasteiger partial charge in [-0.2, -0.15) is 0 Å². The highest BCUT2D eigenvalue weighted by atomic mass is 32.2. The molecule has 1 aliphatic rings. The van der Waals surface area contributed by atoms with Crippen molar-refractivity contribution in [3.8, 4) is 0 Å². The smallest absolute Gasteiger partial charge is 0.233 e. The lowest BCUT2D eigenvalue weighted by molar-refractivity contribution is -0.120. The molecule has 1 fully saturated rings. The molecule has 0 radical (unpaired) electrons. The first kappa shape index (κ1) is 12.9. The Morgan fingerprint density at radius 1 is 1.20 bits per heavy atom. The maximum atomic E-state index is 11.7. The van der Waals surface area contributed by atoms with Gasteiger partial charge >= 0.3 is 0 Å². The van der Waals surface area contributed by atoms with Crippen LogP contribution in [0.2, 0.25) is 0 Å². The lowest BCUT2D eigenvalue weighted by Crippen LogP contribution is -2.36. The quantitative estimate of drug-likeness (QED) is 0.803. The van der Waals surface area contributed by atoms with Gasteiger partial charge in [-0.3, -0.25) is 4.79 Å². The van der Waals surface area contributed by atoms with Crippen LogP contribution in [0.15, 0.2) is 0 Å². The molecule has 1 aliphatic carbocycles. The van der Waals surface area contributed by atoms with E-state index in [2.05, 4.69) is 5.32 Å². The lowest BCUT2D eigenvalue weighted by Gasteiger charge is -2.24. The minimum absolute atomic E-state index is 0.107. The second kappa shape index (κ2) is 6.41. The van der Waals surface area contributed by atoms with Crippen molar-refractivity contribution >= 4 is 17.7 Å². The molecule has 88 valence electrons. The summed E-state index contributed by atoms with van der Waals surface area (Å²) in [6.07, 6.45) is 6.66. The van der Waals surface area contributed by atoms with Crippen LogP contribution in [-0.4, -0.2) is 22.4 Å². The molecule has 0 aromatic rings. The minimum atomic E-state index is 0.107. The van der Waals surface area contributed by atoms with E-state index < -0.39 is 0 Å². The van der Waals surface area contributed by atoms with Gasteiger partial charge in [0.15, 0.2) is 0 Å². The summed E-state index contributed by atoms with van der Waals surface area (Å²) in [6.45, 7) is 6.04. The fourth-order valence-corrected chi connectivity index (χ4v) is 3.33. The van der Waals surface area contributed by atoms with Crippen molar-refractivity contribution in [3.05, 3.63) is 0 Å². The second-order valence-corrected chi connectivity index (χ2v) is 6.35. The third kappa shape index (κ3) is 4.92. The number of hydrogen-bond donors (Lipinski definition) is 1. The molecule has 3 heteroatoms. The number of carbonyl (C=O) groups excluding carboxylic acids is 1. The van der Waals surface area contributed by atoms with E-state index in [1.165, 1.54) is 32.1 Å². The highest BCUT2D eigenvalue weighted by Gasteiger charge is 2.21. The van der Waals surface area contributed by atoms with Gasteiger partial charge in [0.2, 0.25) is 5.91 Å². The van der Waals surface area contributed by atoms with Gasteiger partial charge in [-0.25, -0.2) is 0 Å². The van der Waals surface area contributed by atoms with E-state index in [-0.39, 0.29) is 17.2 Å². The summed E-state index contributed by atoms with van der Waals surface area (Å²) in [5, 5.41) is 3.79. The van der Waals surface area contributed by atoms with E-state index in [9.17, 15) is 4.79 Å². The molecule has 15 heavy (non-hydrogen) atoms. The van der Waals surface area contributed by atoms with Crippen molar-refractivity contribution in [1.82, 2.24) is 5.32 Å². The molecule has 0 aromatic carbocycles. The first-order valence-electron chi connectivity index (χ1n) is 6.05. The average molecular weight is 229 g/mol. The highest BCUT2D eigenvalue weighted by Crippen LogP contribution is 2.30. The summed E-state index contributed by atoms with van der Waals surface area (Å²) in [7, 11) is 0. The fraction of sp³-hybridized carbons (Fsp3) is 0.917. The van der Waals surface area contributed by atoms with E-state index in [0.717, 1.165) is 0 Å². The molecule has 1 atom stereocenters. The normalized spacial score (nSPS) is 20.3. The van der Waals surface area contributed by atoms with Gasteiger partial charge in [0.05, 0.1) is 5.25 Å². The van der Waals surface area contributed by atoms with E-state index in [1.54, 1.807) is 0 Å². The van der Waals surface area contributed by atoms with Gasteiger partial charge in [0.25, 0.3) is 0 Å². The molecule has 2 nitrogen and oxygen atoms in total. The van der Waals surface area contributed by atoms with E-state index in [0.29, 0.717) is 5.25 Å². The Morgan fingerprint density at radius 2 is 1.80 bits per heavy atom. The van der Waals surface area contributed by atoms with Gasteiger partial charge in [-0.05, 0) is 33.6 Å². The molecule has 1 unspecified atom stereocenters. The molecule has 0 heterocycles. The van der Waals surface area contributed by atoms with Crippen molar-refractivity contribution in [2.75, 3.05) is 0 Å². The molecule has 1 saturated carbocycles. The number of carbonyl (C=O) groups is 1. The lowest BCUT2D eigenvalue weighted by atomic mass is 10.0. The van der Waals surface area contributed by atoms with Crippen LogP contribution in [0.25, 0.3) is 0 Å². The molecular weight excluding hydrogens is 206 g/mol. The summed E-state index contributed by atoms with van der Waals surface area (Å²) < 4.78 is 0. The maximum absolute atomic E-state index is 11.7. The maximum Gasteiger partial charge on any atom is 0.233 e. The molecule has 0 saturated heterocycles. The number of hydrogen-bond acceptors (Lipinski definition) is 2. The monoisotopic (exact) mass is 229 g/mol. The SMILES string of the molecule is CC(C)NC(=O)C(C)SC1CCCCC1. The van der Waals surface area contributed by atoms with E-state index >= 15 is 0 Å². The van der Waals surface area contributed by atoms with Crippen LogP contribution in [-0.2, 0) is 4.79 Å². The summed E-state index contributed by atoms with van der Waals surface area (Å²) in [6, 6.07) is 0.256.